The van der Waals surface area contributed by atoms with Crippen LogP contribution in [0.4, 0.5) is 0 Å². The molecule has 0 aliphatic heterocycles. The van der Waals surface area contributed by atoms with Gasteiger partial charge in [0.25, 0.3) is 0 Å². The minimum absolute atomic E-state index is 0.0825. The van der Waals surface area contributed by atoms with Crippen molar-refractivity contribution >= 4 is 13.8 Å². The normalized spacial score (nSPS) is 14.8. The predicted octanol–water partition coefficient (Wildman–Crippen LogP) is 10.7. The monoisotopic (exact) mass is 740 g/mol. The number of carbonyl (C=O) groups is 1. The van der Waals surface area contributed by atoms with E-state index < -0.39 is 20.0 Å². The van der Waals surface area contributed by atoms with Crippen LogP contribution >= 0.6 is 7.82 Å². The molecule has 51 heavy (non-hydrogen) atoms. The second kappa shape index (κ2) is 37.7. The molecule has 0 rings (SSSR count). The van der Waals surface area contributed by atoms with Crippen molar-refractivity contribution in [3.8, 4) is 0 Å². The number of hydrogen-bond donors (Lipinski definition) is 3. The highest BCUT2D eigenvalue weighted by atomic mass is 31.2. The molecule has 0 aliphatic rings. The Hall–Kier alpha value is -2.00. The maximum absolute atomic E-state index is 12.3. The first-order valence-electron chi connectivity index (χ1n) is 19.9. The van der Waals surface area contributed by atoms with Crippen molar-refractivity contribution in [2.24, 2.45) is 5.73 Å². The van der Waals surface area contributed by atoms with E-state index in [1.807, 2.05) is 42.5 Å². The third-order valence-electron chi connectivity index (χ3n) is 8.11. The highest BCUT2D eigenvalue weighted by Crippen LogP contribution is 2.43. The fourth-order valence-corrected chi connectivity index (χ4v) is 5.82. The molecule has 0 fully saturated rings. The van der Waals surface area contributed by atoms with Crippen LogP contribution in [0.5, 0.6) is 0 Å². The molecule has 296 valence electrons. The van der Waals surface area contributed by atoms with Crippen LogP contribution in [0.2, 0.25) is 0 Å². The summed E-state index contributed by atoms with van der Waals surface area (Å²) >= 11 is 0. The van der Waals surface area contributed by atoms with Crippen molar-refractivity contribution in [1.29, 1.82) is 0 Å². The summed E-state index contributed by atoms with van der Waals surface area (Å²) in [5, 5.41) is 10.0. The van der Waals surface area contributed by atoms with E-state index in [0.717, 1.165) is 32.1 Å². The highest BCUT2D eigenvalue weighted by Gasteiger charge is 2.24. The van der Waals surface area contributed by atoms with Crippen molar-refractivity contribution in [3.63, 3.8) is 0 Å². The number of phosphoric acid groups is 1. The minimum Gasteiger partial charge on any atom is -0.492 e. The van der Waals surface area contributed by atoms with Crippen molar-refractivity contribution in [2.75, 3.05) is 26.4 Å². The summed E-state index contributed by atoms with van der Waals surface area (Å²) in [6.45, 7) is 4.02. The van der Waals surface area contributed by atoms with Gasteiger partial charge >= 0.3 is 13.8 Å². The molecule has 1 unspecified atom stereocenters. The third kappa shape index (κ3) is 37.6. The number of ether oxygens (including phenoxy) is 2. The first-order chi connectivity index (χ1) is 24.8. The Kier molecular flexibility index (Phi) is 36.3. The number of aliphatic hydroxyl groups is 1. The van der Waals surface area contributed by atoms with Crippen molar-refractivity contribution in [2.45, 2.75) is 167 Å². The van der Waals surface area contributed by atoms with E-state index >= 15 is 0 Å². The van der Waals surface area contributed by atoms with E-state index in [1.54, 1.807) is 12.3 Å². The summed E-state index contributed by atoms with van der Waals surface area (Å²) in [6, 6.07) is 0. The van der Waals surface area contributed by atoms with Crippen LogP contribution < -0.4 is 5.73 Å². The van der Waals surface area contributed by atoms with E-state index in [0.29, 0.717) is 12.8 Å². The van der Waals surface area contributed by atoms with E-state index in [9.17, 15) is 19.4 Å². The smallest absolute Gasteiger partial charge is 0.472 e. The molecule has 9 nitrogen and oxygen atoms in total. The lowest BCUT2D eigenvalue weighted by Crippen LogP contribution is -2.25. The maximum Gasteiger partial charge on any atom is 0.472 e. The molecule has 4 N–H and O–H groups in total. The number of rotatable bonds is 37. The zero-order chi connectivity index (χ0) is 37.5. The van der Waals surface area contributed by atoms with Crippen molar-refractivity contribution < 1.29 is 37.9 Å². The van der Waals surface area contributed by atoms with Gasteiger partial charge in [-0.2, -0.15) is 0 Å². The largest absolute Gasteiger partial charge is 0.492 e. The first kappa shape index (κ1) is 49.0. The van der Waals surface area contributed by atoms with Crippen molar-refractivity contribution in [1.82, 2.24) is 0 Å². The molecule has 0 spiro atoms. The lowest BCUT2D eigenvalue weighted by atomic mass is 10.0. The molecule has 0 radical (unpaired) electrons. The van der Waals surface area contributed by atoms with E-state index in [2.05, 4.69) is 19.9 Å². The summed E-state index contributed by atoms with van der Waals surface area (Å²) < 4.78 is 33.0. The second-order valence-corrected chi connectivity index (χ2v) is 14.5. The Balaban J connectivity index is 4.30. The summed E-state index contributed by atoms with van der Waals surface area (Å²) in [5.74, 6) is -0.372. The molecule has 0 aliphatic carbocycles. The average molecular weight is 740 g/mol. The van der Waals surface area contributed by atoms with Crippen molar-refractivity contribution in [3.05, 3.63) is 60.9 Å². The van der Waals surface area contributed by atoms with Crippen LogP contribution in [0.3, 0.4) is 0 Å². The van der Waals surface area contributed by atoms with Gasteiger partial charge in [0.15, 0.2) is 6.10 Å². The first-order valence-corrected chi connectivity index (χ1v) is 21.4. The van der Waals surface area contributed by atoms with Crippen LogP contribution in [0.25, 0.3) is 0 Å². The summed E-state index contributed by atoms with van der Waals surface area (Å²) in [4.78, 5) is 22.2. The summed E-state index contributed by atoms with van der Waals surface area (Å²) in [6.07, 6.45) is 42.2. The van der Waals surface area contributed by atoms with Gasteiger partial charge in [-0.1, -0.05) is 146 Å². The second-order valence-electron chi connectivity index (χ2n) is 13.1. The minimum atomic E-state index is -4.29. The molecule has 0 saturated heterocycles. The number of phosphoric ester groups is 1. The van der Waals surface area contributed by atoms with Crippen LogP contribution in [-0.4, -0.2) is 54.5 Å². The molecule has 0 aromatic carbocycles. The van der Waals surface area contributed by atoms with Gasteiger partial charge in [0.1, 0.15) is 6.61 Å². The molecule has 3 atom stereocenters. The number of esters is 1. The lowest BCUT2D eigenvalue weighted by Gasteiger charge is -2.19. The van der Waals surface area contributed by atoms with Gasteiger partial charge in [0.2, 0.25) is 0 Å². The van der Waals surface area contributed by atoms with Gasteiger partial charge < -0.3 is 25.2 Å². The quantitative estimate of drug-likeness (QED) is 0.0142. The summed E-state index contributed by atoms with van der Waals surface area (Å²) in [5.41, 5.74) is 5.35. The number of allylic oxidation sites excluding steroid dienone is 7. The Morgan fingerprint density at radius 3 is 1.98 bits per heavy atom. The zero-order valence-electron chi connectivity index (χ0n) is 32.2. The third-order valence-corrected chi connectivity index (χ3v) is 9.09. The standard InChI is InChI=1S/C41H74NO8P/c1-3-5-7-9-11-12-13-14-15-16-19-22-26-30-35-47-40(38-50-51(45,46)49-36-34-42)37-48-41(44)33-29-25-21-18-17-20-24-28-32-39(43)31-27-23-10-8-6-4-2/h18,20-21,23-24,27-28,30,32,35,39-40,43H,3-17,19,22,25-26,29,31,33-34,36-38,42H2,1-2H3,(H,45,46)/b21-18-,24-20-,27-23-,32-28+,35-30+/t39-,40-/m1/s1. The molecule has 0 aromatic heterocycles. The van der Waals surface area contributed by atoms with Gasteiger partial charge in [-0.3, -0.25) is 13.8 Å². The van der Waals surface area contributed by atoms with Crippen LogP contribution in [0, 0.1) is 0 Å². The number of unbranched alkanes of at least 4 members (excludes halogenated alkanes) is 16. The number of aliphatic hydroxyl groups excluding tert-OH is 1. The van der Waals surface area contributed by atoms with Gasteiger partial charge in [-0.25, -0.2) is 4.57 Å². The highest BCUT2D eigenvalue weighted by molar-refractivity contribution is 7.47. The topological polar surface area (TPSA) is 138 Å². The molecular formula is C41H74NO8P. The predicted molar refractivity (Wildman–Crippen MR) is 211 cm³/mol. The number of hydrogen-bond acceptors (Lipinski definition) is 8. The van der Waals surface area contributed by atoms with Gasteiger partial charge in [-0.15, -0.1) is 0 Å². The van der Waals surface area contributed by atoms with E-state index in [4.69, 9.17) is 24.3 Å². The molecular weight excluding hydrogens is 665 g/mol. The van der Waals surface area contributed by atoms with Crippen LogP contribution in [0.15, 0.2) is 60.9 Å². The average Bonchev–Trinajstić information content (AvgIpc) is 3.12. The zero-order valence-corrected chi connectivity index (χ0v) is 33.1. The van der Waals surface area contributed by atoms with E-state index in [1.165, 1.54) is 89.9 Å². The van der Waals surface area contributed by atoms with Gasteiger partial charge in [0, 0.05) is 13.0 Å². The fraction of sp³-hybridized carbons (Fsp3) is 0.732. The van der Waals surface area contributed by atoms with E-state index in [-0.39, 0.29) is 38.8 Å². The Labute approximate surface area is 311 Å². The van der Waals surface area contributed by atoms with Crippen LogP contribution in [-0.2, 0) is 27.9 Å². The molecule has 0 saturated carbocycles. The molecule has 0 heterocycles. The Bertz CT molecular complexity index is 981. The number of carbonyl (C=O) groups excluding carboxylic acids is 1. The lowest BCUT2D eigenvalue weighted by molar-refractivity contribution is -0.147. The molecule has 10 heteroatoms. The summed E-state index contributed by atoms with van der Waals surface area (Å²) in [7, 11) is -4.29. The maximum atomic E-state index is 12.3. The Morgan fingerprint density at radius 1 is 0.706 bits per heavy atom. The Morgan fingerprint density at radius 2 is 1.29 bits per heavy atom. The molecule has 0 amide bonds. The number of nitrogens with two attached hydrogens (primary N) is 1. The van der Waals surface area contributed by atoms with Gasteiger partial charge in [-0.05, 0) is 57.4 Å². The molecule has 0 bridgehead atoms. The van der Waals surface area contributed by atoms with Gasteiger partial charge in [0.05, 0.1) is 25.6 Å². The molecule has 0 aromatic rings. The SMILES string of the molecule is CCCCC/C=C\C[C@@H](O)/C=C/C=C\C/C=C\CCCC(=O)OC[C@H](COP(=O)(O)OCCN)O/C=C/CCCCCCCCCCCCCC. The fourth-order valence-electron chi connectivity index (χ4n) is 5.06. The van der Waals surface area contributed by atoms with Crippen LogP contribution in [0.1, 0.15) is 155 Å².